The lowest BCUT2D eigenvalue weighted by atomic mass is 9.82. The fraction of sp³-hybridized carbons (Fsp3) is 0.438. The summed E-state index contributed by atoms with van der Waals surface area (Å²) in [4.78, 5) is 0. The van der Waals surface area contributed by atoms with Gasteiger partial charge in [0.05, 0.1) is 17.7 Å². The maximum Gasteiger partial charge on any atom is 0.498 e. The van der Waals surface area contributed by atoms with E-state index < -0.39 is 7.12 Å². The molecule has 0 atom stereocenters. The van der Waals surface area contributed by atoms with E-state index in [4.69, 9.17) is 9.31 Å². The third kappa shape index (κ3) is 2.81. The minimum absolute atomic E-state index is 0.240. The van der Waals surface area contributed by atoms with Gasteiger partial charge in [0.2, 0.25) is 0 Å². The van der Waals surface area contributed by atoms with Crippen LogP contribution in [0.1, 0.15) is 33.3 Å². The van der Waals surface area contributed by atoms with Crippen molar-refractivity contribution in [3.63, 3.8) is 0 Å². The summed E-state index contributed by atoms with van der Waals surface area (Å²) in [6.45, 7) is 8.58. The zero-order chi connectivity index (χ0) is 16.0. The summed E-state index contributed by atoms with van der Waals surface area (Å²) in [6, 6.07) is 6.51. The maximum atomic E-state index is 13.2. The molecule has 4 nitrogen and oxygen atoms in total. The summed E-state index contributed by atoms with van der Waals surface area (Å²) < 4.78 is 27.0. The highest BCUT2D eigenvalue weighted by Gasteiger charge is 2.52. The first-order valence-corrected chi connectivity index (χ1v) is 7.39. The Morgan fingerprint density at radius 3 is 2.50 bits per heavy atom. The molecule has 1 saturated heterocycles. The molecule has 0 bridgehead atoms. The molecule has 1 aliphatic heterocycles. The first-order valence-electron chi connectivity index (χ1n) is 7.39. The van der Waals surface area contributed by atoms with Crippen LogP contribution >= 0.6 is 0 Å². The van der Waals surface area contributed by atoms with E-state index in [1.54, 1.807) is 16.9 Å². The Bertz CT molecular complexity index is 668. The second kappa shape index (κ2) is 5.21. The van der Waals surface area contributed by atoms with Crippen LogP contribution in [0.15, 0.2) is 36.7 Å². The van der Waals surface area contributed by atoms with Crippen molar-refractivity contribution in [3.8, 4) is 0 Å². The Morgan fingerprint density at radius 1 is 1.18 bits per heavy atom. The molecule has 0 radical (unpaired) electrons. The van der Waals surface area contributed by atoms with Gasteiger partial charge in [0.25, 0.3) is 0 Å². The third-order valence-electron chi connectivity index (χ3n) is 4.41. The number of aromatic nitrogens is 2. The molecular weight excluding hydrogens is 282 g/mol. The summed E-state index contributed by atoms with van der Waals surface area (Å²) in [7, 11) is -0.425. The van der Waals surface area contributed by atoms with Crippen LogP contribution in [0.5, 0.6) is 0 Å². The zero-order valence-electron chi connectivity index (χ0n) is 13.3. The van der Waals surface area contributed by atoms with E-state index in [0.717, 1.165) is 11.0 Å². The van der Waals surface area contributed by atoms with Crippen molar-refractivity contribution in [3.05, 3.63) is 48.0 Å². The molecule has 0 saturated carbocycles. The van der Waals surface area contributed by atoms with E-state index >= 15 is 0 Å². The van der Waals surface area contributed by atoms with Gasteiger partial charge < -0.3 is 9.31 Å². The standard InChI is InChI=1S/C16H20BFN2O2/c1-15(2)16(3,4)22-17(21-15)13-9-19-20(11-13)10-12-6-5-7-14(18)8-12/h5-9,11H,10H2,1-4H3. The number of hydrogen-bond acceptors (Lipinski definition) is 3. The Kier molecular flexibility index (Phi) is 3.61. The smallest absolute Gasteiger partial charge is 0.399 e. The molecule has 0 unspecified atom stereocenters. The molecule has 2 heterocycles. The monoisotopic (exact) mass is 302 g/mol. The maximum absolute atomic E-state index is 13.2. The quantitative estimate of drug-likeness (QED) is 0.817. The van der Waals surface area contributed by atoms with Gasteiger partial charge in [-0.2, -0.15) is 5.10 Å². The number of halogens is 1. The van der Waals surface area contributed by atoms with Crippen molar-refractivity contribution in [2.24, 2.45) is 0 Å². The van der Waals surface area contributed by atoms with Gasteiger partial charge in [-0.25, -0.2) is 4.39 Å². The average Bonchev–Trinajstić information content (AvgIpc) is 2.93. The van der Waals surface area contributed by atoms with Crippen LogP contribution < -0.4 is 5.46 Å². The highest BCUT2D eigenvalue weighted by molar-refractivity contribution is 6.61. The second-order valence-corrected chi connectivity index (χ2v) is 6.69. The number of rotatable bonds is 3. The largest absolute Gasteiger partial charge is 0.498 e. The first-order chi connectivity index (χ1) is 10.3. The molecule has 0 N–H and O–H groups in total. The topological polar surface area (TPSA) is 36.3 Å². The molecule has 1 aromatic carbocycles. The first kappa shape index (κ1) is 15.2. The molecule has 1 aromatic heterocycles. The molecule has 2 aromatic rings. The van der Waals surface area contributed by atoms with Crippen LogP contribution in [-0.4, -0.2) is 28.1 Å². The molecule has 0 spiro atoms. The third-order valence-corrected chi connectivity index (χ3v) is 4.41. The Morgan fingerprint density at radius 2 is 1.86 bits per heavy atom. The lowest BCUT2D eigenvalue weighted by molar-refractivity contribution is 0.00578. The van der Waals surface area contributed by atoms with Crippen molar-refractivity contribution >= 4 is 12.6 Å². The van der Waals surface area contributed by atoms with Crippen molar-refractivity contribution < 1.29 is 13.7 Å². The SMILES string of the molecule is CC1(C)OB(c2cnn(Cc3cccc(F)c3)c2)OC1(C)C. The molecule has 22 heavy (non-hydrogen) atoms. The zero-order valence-corrected chi connectivity index (χ0v) is 13.3. The lowest BCUT2D eigenvalue weighted by Gasteiger charge is -2.32. The van der Waals surface area contributed by atoms with Gasteiger partial charge in [0.1, 0.15) is 5.82 Å². The van der Waals surface area contributed by atoms with Crippen molar-refractivity contribution in [1.82, 2.24) is 9.78 Å². The van der Waals surface area contributed by atoms with Crippen molar-refractivity contribution in [1.29, 1.82) is 0 Å². The predicted molar refractivity (Wildman–Crippen MR) is 83.4 cm³/mol. The van der Waals surface area contributed by atoms with Crippen LogP contribution in [0.2, 0.25) is 0 Å². The number of nitrogens with zero attached hydrogens (tertiary/aromatic N) is 2. The van der Waals surface area contributed by atoms with Gasteiger partial charge in [0, 0.05) is 17.9 Å². The lowest BCUT2D eigenvalue weighted by Crippen LogP contribution is -2.41. The van der Waals surface area contributed by atoms with Gasteiger partial charge in [-0.15, -0.1) is 0 Å². The van der Waals surface area contributed by atoms with E-state index in [2.05, 4.69) is 5.10 Å². The van der Waals surface area contributed by atoms with Crippen LogP contribution in [0.3, 0.4) is 0 Å². The minimum Gasteiger partial charge on any atom is -0.399 e. The van der Waals surface area contributed by atoms with Gasteiger partial charge in [-0.05, 0) is 45.4 Å². The number of benzene rings is 1. The molecular formula is C16H20BFN2O2. The molecule has 0 amide bonds. The molecule has 6 heteroatoms. The van der Waals surface area contributed by atoms with Gasteiger partial charge in [0.15, 0.2) is 0 Å². The summed E-state index contributed by atoms with van der Waals surface area (Å²) in [5.41, 5.74) is 0.989. The fourth-order valence-electron chi connectivity index (χ4n) is 2.39. The van der Waals surface area contributed by atoms with Gasteiger partial charge >= 0.3 is 7.12 Å². The Hall–Kier alpha value is -1.66. The Labute approximate surface area is 130 Å². The average molecular weight is 302 g/mol. The van der Waals surface area contributed by atoms with E-state index in [-0.39, 0.29) is 17.0 Å². The van der Waals surface area contributed by atoms with Crippen molar-refractivity contribution in [2.45, 2.75) is 45.4 Å². The molecule has 0 aliphatic carbocycles. The normalized spacial score (nSPS) is 19.6. The van der Waals surface area contributed by atoms with Crippen LogP contribution in [0, 0.1) is 5.82 Å². The van der Waals surface area contributed by atoms with Gasteiger partial charge in [-0.1, -0.05) is 12.1 Å². The van der Waals surface area contributed by atoms with Crippen LogP contribution in [-0.2, 0) is 15.9 Å². The molecule has 116 valence electrons. The Balaban J connectivity index is 1.75. The molecule has 1 fully saturated rings. The summed E-state index contributed by atoms with van der Waals surface area (Å²) in [5, 5.41) is 4.32. The fourth-order valence-corrected chi connectivity index (χ4v) is 2.39. The highest BCUT2D eigenvalue weighted by Crippen LogP contribution is 2.36. The molecule has 3 rings (SSSR count). The van der Waals surface area contributed by atoms with Crippen LogP contribution in [0.4, 0.5) is 4.39 Å². The van der Waals surface area contributed by atoms with Crippen molar-refractivity contribution in [2.75, 3.05) is 0 Å². The minimum atomic E-state index is -0.425. The second-order valence-electron chi connectivity index (χ2n) is 6.69. The highest BCUT2D eigenvalue weighted by atomic mass is 19.1. The van der Waals surface area contributed by atoms with Crippen LogP contribution in [0.25, 0.3) is 0 Å². The molecule has 1 aliphatic rings. The van der Waals surface area contributed by atoms with E-state index in [0.29, 0.717) is 6.54 Å². The van der Waals surface area contributed by atoms with E-state index in [1.807, 2.05) is 40.0 Å². The summed E-state index contributed by atoms with van der Waals surface area (Å²) in [5.74, 6) is -0.240. The summed E-state index contributed by atoms with van der Waals surface area (Å²) >= 11 is 0. The van der Waals surface area contributed by atoms with E-state index in [1.165, 1.54) is 12.1 Å². The number of hydrogen-bond donors (Lipinski definition) is 0. The predicted octanol–water partition coefficient (Wildman–Crippen LogP) is 2.37. The van der Waals surface area contributed by atoms with Gasteiger partial charge in [-0.3, -0.25) is 4.68 Å². The van der Waals surface area contributed by atoms with E-state index in [9.17, 15) is 4.39 Å². The summed E-state index contributed by atoms with van der Waals surface area (Å²) in [6.07, 6.45) is 3.62.